The van der Waals surface area contributed by atoms with Crippen LogP contribution >= 0.6 is 11.6 Å². The zero-order valence-corrected chi connectivity index (χ0v) is 15.5. The average Bonchev–Trinajstić information content (AvgIpc) is 2.58. The Morgan fingerprint density at radius 2 is 1.80 bits per heavy atom. The molecule has 0 aromatic heterocycles. The van der Waals surface area contributed by atoms with E-state index in [0.717, 1.165) is 16.7 Å². The Kier molecular flexibility index (Phi) is 6.59. The standard InChI is InChI=1S/C20H23ClN2O2/c1-14-6-4-8-17(10-14)13-23(15(2)20(25)22-3)19(24)12-16-7-5-9-18(21)11-16/h4-11,15H,12-13H2,1-3H3,(H,22,25)/t15-/m1/s1. The van der Waals surface area contributed by atoms with Gasteiger partial charge in [0.05, 0.1) is 6.42 Å². The summed E-state index contributed by atoms with van der Waals surface area (Å²) in [4.78, 5) is 26.6. The summed E-state index contributed by atoms with van der Waals surface area (Å²) < 4.78 is 0. The van der Waals surface area contributed by atoms with Crippen LogP contribution in [0, 0.1) is 6.92 Å². The molecule has 0 aliphatic rings. The van der Waals surface area contributed by atoms with E-state index < -0.39 is 6.04 Å². The van der Waals surface area contributed by atoms with Crippen LogP contribution in [0.5, 0.6) is 0 Å². The van der Waals surface area contributed by atoms with Crippen molar-refractivity contribution >= 4 is 23.4 Å². The fourth-order valence-corrected chi connectivity index (χ4v) is 2.93. The summed E-state index contributed by atoms with van der Waals surface area (Å²) in [6.45, 7) is 4.13. The summed E-state index contributed by atoms with van der Waals surface area (Å²) in [6, 6.07) is 14.6. The van der Waals surface area contributed by atoms with Crippen molar-refractivity contribution in [1.29, 1.82) is 0 Å². The fourth-order valence-electron chi connectivity index (χ4n) is 2.72. The van der Waals surface area contributed by atoms with Gasteiger partial charge in [0.25, 0.3) is 0 Å². The van der Waals surface area contributed by atoms with Crippen molar-refractivity contribution < 1.29 is 9.59 Å². The molecule has 2 aromatic rings. The van der Waals surface area contributed by atoms with Crippen molar-refractivity contribution in [2.24, 2.45) is 0 Å². The first-order valence-electron chi connectivity index (χ1n) is 8.21. The third-order valence-electron chi connectivity index (χ3n) is 4.09. The number of halogens is 1. The van der Waals surface area contributed by atoms with Crippen molar-refractivity contribution in [3.05, 3.63) is 70.2 Å². The van der Waals surface area contributed by atoms with E-state index in [1.54, 1.807) is 31.0 Å². The molecule has 0 saturated carbocycles. The van der Waals surface area contributed by atoms with Gasteiger partial charge in [0.15, 0.2) is 0 Å². The number of nitrogens with one attached hydrogen (secondary N) is 1. The van der Waals surface area contributed by atoms with Crippen LogP contribution in [0.3, 0.4) is 0 Å². The van der Waals surface area contributed by atoms with E-state index >= 15 is 0 Å². The van der Waals surface area contributed by atoms with E-state index in [1.165, 1.54) is 0 Å². The highest BCUT2D eigenvalue weighted by molar-refractivity contribution is 6.30. The Hall–Kier alpha value is -2.33. The number of aryl methyl sites for hydroxylation is 1. The minimum atomic E-state index is -0.558. The van der Waals surface area contributed by atoms with Gasteiger partial charge in [-0.2, -0.15) is 0 Å². The molecule has 0 aliphatic carbocycles. The molecule has 132 valence electrons. The quantitative estimate of drug-likeness (QED) is 0.860. The molecule has 4 nitrogen and oxygen atoms in total. The second-order valence-corrected chi connectivity index (χ2v) is 6.54. The summed E-state index contributed by atoms with van der Waals surface area (Å²) in [5.74, 6) is -0.299. The first kappa shape index (κ1) is 19.0. The molecule has 2 aromatic carbocycles. The number of likely N-dealkylation sites (N-methyl/N-ethyl adjacent to an activating group) is 1. The maximum Gasteiger partial charge on any atom is 0.242 e. The smallest absolute Gasteiger partial charge is 0.242 e. The average molecular weight is 359 g/mol. The van der Waals surface area contributed by atoms with Crippen LogP contribution in [0.4, 0.5) is 0 Å². The van der Waals surface area contributed by atoms with Crippen LogP contribution in [-0.2, 0) is 22.6 Å². The predicted octanol–water partition coefficient (Wildman–Crippen LogP) is 3.35. The highest BCUT2D eigenvalue weighted by atomic mass is 35.5. The largest absolute Gasteiger partial charge is 0.357 e. The van der Waals surface area contributed by atoms with Gasteiger partial charge in [-0.3, -0.25) is 9.59 Å². The molecule has 2 rings (SSSR count). The van der Waals surface area contributed by atoms with E-state index in [1.807, 2.05) is 43.3 Å². The Morgan fingerprint density at radius 1 is 1.12 bits per heavy atom. The van der Waals surface area contributed by atoms with Gasteiger partial charge >= 0.3 is 0 Å². The van der Waals surface area contributed by atoms with Gasteiger partial charge in [0.1, 0.15) is 6.04 Å². The fraction of sp³-hybridized carbons (Fsp3) is 0.300. The summed E-state index contributed by atoms with van der Waals surface area (Å²) in [6.07, 6.45) is 0.202. The number of benzene rings is 2. The van der Waals surface area contributed by atoms with E-state index in [0.29, 0.717) is 11.6 Å². The molecule has 1 atom stereocenters. The molecule has 0 unspecified atom stereocenters. The van der Waals surface area contributed by atoms with Gasteiger partial charge in [-0.1, -0.05) is 53.6 Å². The molecule has 0 spiro atoms. The molecule has 1 N–H and O–H groups in total. The number of amides is 2. The van der Waals surface area contributed by atoms with Crippen LogP contribution in [0.15, 0.2) is 48.5 Å². The molecular formula is C20H23ClN2O2. The Morgan fingerprint density at radius 3 is 2.44 bits per heavy atom. The minimum Gasteiger partial charge on any atom is -0.357 e. The third-order valence-corrected chi connectivity index (χ3v) is 4.33. The first-order valence-corrected chi connectivity index (χ1v) is 8.59. The molecule has 0 radical (unpaired) electrons. The van der Waals surface area contributed by atoms with E-state index in [2.05, 4.69) is 5.32 Å². The van der Waals surface area contributed by atoms with Crippen molar-refractivity contribution in [1.82, 2.24) is 10.2 Å². The van der Waals surface area contributed by atoms with Crippen LogP contribution in [0.25, 0.3) is 0 Å². The normalized spacial score (nSPS) is 11.7. The van der Waals surface area contributed by atoms with Crippen LogP contribution in [0.2, 0.25) is 5.02 Å². The van der Waals surface area contributed by atoms with Crippen molar-refractivity contribution in [3.63, 3.8) is 0 Å². The second kappa shape index (κ2) is 8.67. The monoisotopic (exact) mass is 358 g/mol. The second-order valence-electron chi connectivity index (χ2n) is 6.11. The van der Waals surface area contributed by atoms with Gasteiger partial charge in [-0.05, 0) is 37.1 Å². The first-order chi connectivity index (χ1) is 11.9. The Labute approximate surface area is 153 Å². The van der Waals surface area contributed by atoms with E-state index in [4.69, 9.17) is 11.6 Å². The molecule has 0 bridgehead atoms. The van der Waals surface area contributed by atoms with Gasteiger partial charge < -0.3 is 10.2 Å². The molecular weight excluding hydrogens is 336 g/mol. The Bertz CT molecular complexity index is 761. The molecule has 0 fully saturated rings. The minimum absolute atomic E-state index is 0.111. The van der Waals surface area contributed by atoms with Gasteiger partial charge in [0.2, 0.25) is 11.8 Å². The zero-order chi connectivity index (χ0) is 18.4. The number of hydrogen-bond acceptors (Lipinski definition) is 2. The highest BCUT2D eigenvalue weighted by Crippen LogP contribution is 2.16. The number of carbonyl (C=O) groups is 2. The molecule has 0 heterocycles. The lowest BCUT2D eigenvalue weighted by Crippen LogP contribution is -2.47. The number of hydrogen-bond donors (Lipinski definition) is 1. The van der Waals surface area contributed by atoms with E-state index in [9.17, 15) is 9.59 Å². The zero-order valence-electron chi connectivity index (χ0n) is 14.8. The summed E-state index contributed by atoms with van der Waals surface area (Å²) in [5, 5.41) is 3.21. The molecule has 0 saturated heterocycles. The van der Waals surface area contributed by atoms with Crippen molar-refractivity contribution in [2.45, 2.75) is 32.9 Å². The lowest BCUT2D eigenvalue weighted by atomic mass is 10.1. The highest BCUT2D eigenvalue weighted by Gasteiger charge is 2.25. The lowest BCUT2D eigenvalue weighted by molar-refractivity contribution is -0.139. The van der Waals surface area contributed by atoms with Crippen molar-refractivity contribution in [3.8, 4) is 0 Å². The maximum atomic E-state index is 12.9. The predicted molar refractivity (Wildman–Crippen MR) is 100 cm³/mol. The SMILES string of the molecule is CNC(=O)[C@@H](C)N(Cc1cccc(C)c1)C(=O)Cc1cccc(Cl)c1. The van der Waals surface area contributed by atoms with Crippen molar-refractivity contribution in [2.75, 3.05) is 7.05 Å². The molecule has 5 heteroatoms. The molecule has 0 aliphatic heterocycles. The summed E-state index contributed by atoms with van der Waals surface area (Å²) >= 11 is 6.00. The van der Waals surface area contributed by atoms with Crippen LogP contribution in [0.1, 0.15) is 23.6 Å². The maximum absolute atomic E-state index is 12.9. The Balaban J connectivity index is 2.23. The van der Waals surface area contributed by atoms with Gasteiger partial charge in [-0.15, -0.1) is 0 Å². The topological polar surface area (TPSA) is 49.4 Å². The molecule has 2 amide bonds. The summed E-state index contributed by atoms with van der Waals surface area (Å²) in [7, 11) is 1.57. The molecule has 25 heavy (non-hydrogen) atoms. The van der Waals surface area contributed by atoms with Gasteiger partial charge in [0, 0.05) is 18.6 Å². The number of carbonyl (C=O) groups excluding carboxylic acids is 2. The van der Waals surface area contributed by atoms with E-state index in [-0.39, 0.29) is 18.2 Å². The van der Waals surface area contributed by atoms with Gasteiger partial charge in [-0.25, -0.2) is 0 Å². The number of rotatable bonds is 6. The summed E-state index contributed by atoms with van der Waals surface area (Å²) in [5.41, 5.74) is 2.94. The third kappa shape index (κ3) is 5.33. The van der Waals surface area contributed by atoms with Crippen LogP contribution in [-0.4, -0.2) is 29.8 Å². The van der Waals surface area contributed by atoms with Crippen LogP contribution < -0.4 is 5.32 Å². The number of nitrogens with zero attached hydrogens (tertiary/aromatic N) is 1. The lowest BCUT2D eigenvalue weighted by Gasteiger charge is -2.28.